The summed E-state index contributed by atoms with van der Waals surface area (Å²) in [5, 5.41) is 0. The molecule has 2 nitrogen and oxygen atoms in total. The third-order valence-corrected chi connectivity index (χ3v) is 3.06. The molecule has 0 N–H and O–H groups in total. The van der Waals surface area contributed by atoms with Crippen molar-refractivity contribution in [2.75, 3.05) is 13.6 Å². The van der Waals surface area contributed by atoms with Crippen molar-refractivity contribution in [3.8, 4) is 0 Å². The van der Waals surface area contributed by atoms with E-state index in [-0.39, 0.29) is 11.3 Å². The van der Waals surface area contributed by atoms with E-state index in [2.05, 4.69) is 39.8 Å². The molecule has 0 heterocycles. The van der Waals surface area contributed by atoms with E-state index in [0.717, 1.165) is 18.5 Å². The third-order valence-electron chi connectivity index (χ3n) is 3.06. The van der Waals surface area contributed by atoms with Crippen molar-refractivity contribution in [3.63, 3.8) is 0 Å². The van der Waals surface area contributed by atoms with Crippen LogP contribution in [0.5, 0.6) is 0 Å². The normalized spacial score (nSPS) is 11.4. The summed E-state index contributed by atoms with van der Waals surface area (Å²) < 4.78 is 0. The first-order chi connectivity index (χ1) is 8.28. The Morgan fingerprint density at radius 3 is 2.50 bits per heavy atom. The van der Waals surface area contributed by atoms with E-state index in [9.17, 15) is 4.79 Å². The van der Waals surface area contributed by atoms with Gasteiger partial charge in [0.2, 0.25) is 5.91 Å². The van der Waals surface area contributed by atoms with Gasteiger partial charge in [-0.25, -0.2) is 0 Å². The summed E-state index contributed by atoms with van der Waals surface area (Å²) in [6, 6.07) is 8.16. The summed E-state index contributed by atoms with van der Waals surface area (Å²) in [5.41, 5.74) is 2.58. The first-order valence-corrected chi connectivity index (χ1v) is 6.57. The van der Waals surface area contributed by atoms with Gasteiger partial charge < -0.3 is 4.90 Å². The van der Waals surface area contributed by atoms with Gasteiger partial charge in [-0.3, -0.25) is 4.79 Å². The largest absolute Gasteiger partial charge is 0.345 e. The van der Waals surface area contributed by atoms with Gasteiger partial charge in [0.05, 0.1) is 6.42 Å². The quantitative estimate of drug-likeness (QED) is 0.798. The van der Waals surface area contributed by atoms with Crippen molar-refractivity contribution in [1.29, 1.82) is 0 Å². The Hall–Kier alpha value is -1.31. The van der Waals surface area contributed by atoms with Crippen LogP contribution in [-0.2, 0) is 11.2 Å². The second-order valence-electron chi connectivity index (χ2n) is 6.29. The Balaban J connectivity index is 2.50. The molecule has 0 aromatic heterocycles. The van der Waals surface area contributed by atoms with E-state index in [1.807, 2.05) is 24.1 Å². The van der Waals surface area contributed by atoms with E-state index < -0.39 is 0 Å². The maximum Gasteiger partial charge on any atom is 0.226 e. The molecule has 1 aromatic carbocycles. The number of rotatable bonds is 4. The molecule has 0 bridgehead atoms. The molecule has 18 heavy (non-hydrogen) atoms. The van der Waals surface area contributed by atoms with E-state index in [1.54, 1.807) is 0 Å². The maximum atomic E-state index is 12.1. The van der Waals surface area contributed by atoms with Crippen LogP contribution in [0.2, 0.25) is 0 Å². The van der Waals surface area contributed by atoms with Gasteiger partial charge in [0.15, 0.2) is 0 Å². The molecule has 0 spiro atoms. The van der Waals surface area contributed by atoms with Crippen LogP contribution in [0.3, 0.4) is 0 Å². The van der Waals surface area contributed by atoms with Gasteiger partial charge in [0.1, 0.15) is 0 Å². The summed E-state index contributed by atoms with van der Waals surface area (Å²) >= 11 is 0. The van der Waals surface area contributed by atoms with Gasteiger partial charge in [-0.15, -0.1) is 0 Å². The lowest BCUT2D eigenvalue weighted by Gasteiger charge is -2.23. The van der Waals surface area contributed by atoms with Crippen LogP contribution in [-0.4, -0.2) is 24.4 Å². The van der Waals surface area contributed by atoms with Crippen LogP contribution in [0.1, 0.15) is 38.3 Å². The molecule has 2 heteroatoms. The number of aryl methyl sites for hydroxylation is 1. The number of carbonyl (C=O) groups is 1. The van der Waals surface area contributed by atoms with Gasteiger partial charge >= 0.3 is 0 Å². The highest BCUT2D eigenvalue weighted by atomic mass is 16.2. The van der Waals surface area contributed by atoms with Crippen molar-refractivity contribution < 1.29 is 4.79 Å². The molecule has 1 amide bonds. The highest BCUT2D eigenvalue weighted by Crippen LogP contribution is 2.18. The second-order valence-corrected chi connectivity index (χ2v) is 6.29. The number of hydrogen-bond donors (Lipinski definition) is 0. The average molecular weight is 247 g/mol. The van der Waals surface area contributed by atoms with Crippen molar-refractivity contribution in [3.05, 3.63) is 35.4 Å². The van der Waals surface area contributed by atoms with Gasteiger partial charge in [0, 0.05) is 13.6 Å². The molecule has 0 unspecified atom stereocenters. The molecule has 0 atom stereocenters. The minimum Gasteiger partial charge on any atom is -0.345 e. The number of benzene rings is 1. The minimum absolute atomic E-state index is 0.199. The molecule has 0 saturated carbocycles. The zero-order valence-corrected chi connectivity index (χ0v) is 12.3. The summed E-state index contributed by atoms with van der Waals surface area (Å²) in [6.45, 7) is 9.48. The zero-order valence-electron chi connectivity index (χ0n) is 12.3. The number of amides is 1. The Bertz CT molecular complexity index is 404. The molecule has 0 aliphatic heterocycles. The fourth-order valence-corrected chi connectivity index (χ4v) is 1.76. The predicted molar refractivity (Wildman–Crippen MR) is 76.6 cm³/mol. The number of hydrogen-bond acceptors (Lipinski definition) is 1. The molecular formula is C16H25NO. The molecule has 100 valence electrons. The first-order valence-electron chi connectivity index (χ1n) is 6.57. The summed E-state index contributed by atoms with van der Waals surface area (Å²) in [5.74, 6) is 0.199. The van der Waals surface area contributed by atoms with Crippen LogP contribution in [0, 0.1) is 12.3 Å². The molecule has 0 radical (unpaired) electrons. The smallest absolute Gasteiger partial charge is 0.226 e. The van der Waals surface area contributed by atoms with Gasteiger partial charge in [-0.1, -0.05) is 50.6 Å². The zero-order chi connectivity index (χ0) is 13.8. The second kappa shape index (κ2) is 6.03. The van der Waals surface area contributed by atoms with Gasteiger partial charge in [-0.05, 0) is 24.3 Å². The Morgan fingerprint density at radius 2 is 1.94 bits per heavy atom. The fraction of sp³-hybridized carbons (Fsp3) is 0.562. The van der Waals surface area contributed by atoms with Crippen LogP contribution < -0.4 is 0 Å². The minimum atomic E-state index is 0.199. The predicted octanol–water partition coefficient (Wildman–Crippen LogP) is 3.43. The molecule has 1 aromatic rings. The van der Waals surface area contributed by atoms with Crippen LogP contribution in [0.15, 0.2) is 24.3 Å². The van der Waals surface area contributed by atoms with Crippen molar-refractivity contribution >= 4 is 5.91 Å². The Labute approximate surface area is 111 Å². The van der Waals surface area contributed by atoms with Crippen molar-refractivity contribution in [2.45, 2.75) is 40.5 Å². The SMILES string of the molecule is Cc1cccc(CC(=O)N(C)CCC(C)(C)C)c1. The summed E-state index contributed by atoms with van der Waals surface area (Å²) in [6.07, 6.45) is 1.53. The highest BCUT2D eigenvalue weighted by Gasteiger charge is 2.14. The van der Waals surface area contributed by atoms with Gasteiger partial charge in [0.25, 0.3) is 0 Å². The van der Waals surface area contributed by atoms with Crippen LogP contribution in [0.25, 0.3) is 0 Å². The van der Waals surface area contributed by atoms with E-state index in [4.69, 9.17) is 0 Å². The first kappa shape index (κ1) is 14.7. The lowest BCUT2D eigenvalue weighted by Crippen LogP contribution is -2.31. The standard InChI is InChI=1S/C16H25NO/c1-13-7-6-8-14(11-13)12-15(18)17(5)10-9-16(2,3)4/h6-8,11H,9-10,12H2,1-5H3. The number of likely N-dealkylation sites (N-methyl/N-ethyl adjacent to an activating group) is 1. The summed E-state index contributed by atoms with van der Waals surface area (Å²) in [4.78, 5) is 13.9. The number of carbonyl (C=O) groups excluding carboxylic acids is 1. The van der Waals surface area contributed by atoms with Crippen molar-refractivity contribution in [1.82, 2.24) is 4.90 Å². The lowest BCUT2D eigenvalue weighted by atomic mass is 9.92. The van der Waals surface area contributed by atoms with Crippen LogP contribution in [0.4, 0.5) is 0 Å². The summed E-state index contributed by atoms with van der Waals surface area (Å²) in [7, 11) is 1.89. The van der Waals surface area contributed by atoms with Crippen molar-refractivity contribution in [2.24, 2.45) is 5.41 Å². The average Bonchev–Trinajstić information content (AvgIpc) is 2.24. The highest BCUT2D eigenvalue weighted by molar-refractivity contribution is 5.78. The Kier molecular flexibility index (Phi) is 4.94. The van der Waals surface area contributed by atoms with E-state index in [1.165, 1.54) is 5.56 Å². The molecule has 0 aliphatic carbocycles. The monoisotopic (exact) mass is 247 g/mol. The topological polar surface area (TPSA) is 20.3 Å². The maximum absolute atomic E-state index is 12.1. The molecular weight excluding hydrogens is 222 g/mol. The lowest BCUT2D eigenvalue weighted by molar-refractivity contribution is -0.129. The molecule has 0 aliphatic rings. The molecule has 0 saturated heterocycles. The van der Waals surface area contributed by atoms with Gasteiger partial charge in [-0.2, -0.15) is 0 Å². The fourth-order valence-electron chi connectivity index (χ4n) is 1.76. The third kappa shape index (κ3) is 5.35. The van der Waals surface area contributed by atoms with Crippen LogP contribution >= 0.6 is 0 Å². The van der Waals surface area contributed by atoms with E-state index in [0.29, 0.717) is 6.42 Å². The molecule has 0 fully saturated rings. The number of nitrogens with zero attached hydrogens (tertiary/aromatic N) is 1. The van der Waals surface area contributed by atoms with E-state index >= 15 is 0 Å². The molecule has 1 rings (SSSR count). The Morgan fingerprint density at radius 1 is 1.28 bits per heavy atom.